The molecular formula is C36H65O8P. The SMILES string of the molecule is CCCC/C=C/C/C=C/CCCCCCCC(=O)O[C@H](COC(=O)CCCCC/C=C/CCCCCCCC)COP(=O)(O)O. The number of hydrogen-bond acceptors (Lipinski definition) is 6. The lowest BCUT2D eigenvalue weighted by molar-refractivity contribution is -0.161. The molecule has 0 aromatic rings. The number of allylic oxidation sites excluding steroid dienone is 6. The van der Waals surface area contributed by atoms with Gasteiger partial charge in [0.25, 0.3) is 0 Å². The number of unbranched alkanes of at least 4 members (excludes halogenated alkanes) is 16. The van der Waals surface area contributed by atoms with Crippen LogP contribution in [0.25, 0.3) is 0 Å². The number of ether oxygens (including phenoxy) is 2. The summed E-state index contributed by atoms with van der Waals surface area (Å²) < 4.78 is 26.2. The highest BCUT2D eigenvalue weighted by Gasteiger charge is 2.22. The summed E-state index contributed by atoms with van der Waals surface area (Å²) in [6, 6.07) is 0. The molecule has 8 nitrogen and oxygen atoms in total. The van der Waals surface area contributed by atoms with E-state index < -0.39 is 32.5 Å². The van der Waals surface area contributed by atoms with Gasteiger partial charge in [0.05, 0.1) is 6.61 Å². The minimum absolute atomic E-state index is 0.192. The van der Waals surface area contributed by atoms with Gasteiger partial charge in [0, 0.05) is 12.8 Å². The van der Waals surface area contributed by atoms with E-state index in [2.05, 4.69) is 54.8 Å². The number of hydrogen-bond donors (Lipinski definition) is 2. The Kier molecular flexibility index (Phi) is 31.0. The molecule has 0 heterocycles. The number of phosphoric ester groups is 1. The maximum Gasteiger partial charge on any atom is 0.469 e. The highest BCUT2D eigenvalue weighted by Crippen LogP contribution is 2.35. The van der Waals surface area contributed by atoms with E-state index in [4.69, 9.17) is 19.3 Å². The molecule has 0 bridgehead atoms. The van der Waals surface area contributed by atoms with Crippen LogP contribution in [-0.4, -0.2) is 41.0 Å². The van der Waals surface area contributed by atoms with Gasteiger partial charge in [0.15, 0.2) is 6.10 Å². The van der Waals surface area contributed by atoms with Crippen LogP contribution in [0.1, 0.15) is 162 Å². The van der Waals surface area contributed by atoms with Crippen LogP contribution in [0, 0.1) is 0 Å². The first kappa shape index (κ1) is 43.3. The number of carbonyl (C=O) groups is 2. The molecule has 0 aromatic carbocycles. The Bertz CT molecular complexity index is 833. The van der Waals surface area contributed by atoms with Crippen LogP contribution >= 0.6 is 7.82 Å². The normalized spacial score (nSPS) is 12.9. The highest BCUT2D eigenvalue weighted by atomic mass is 31.2. The molecule has 0 aromatic heterocycles. The van der Waals surface area contributed by atoms with Crippen molar-refractivity contribution in [2.75, 3.05) is 13.2 Å². The van der Waals surface area contributed by atoms with Crippen molar-refractivity contribution in [2.45, 2.75) is 168 Å². The summed E-state index contributed by atoms with van der Waals surface area (Å²) >= 11 is 0. The minimum atomic E-state index is -4.75. The molecule has 45 heavy (non-hydrogen) atoms. The first-order chi connectivity index (χ1) is 21.8. The predicted octanol–water partition coefficient (Wildman–Crippen LogP) is 10.2. The molecule has 0 aliphatic heterocycles. The molecule has 0 aliphatic carbocycles. The molecule has 0 rings (SSSR count). The summed E-state index contributed by atoms with van der Waals surface area (Å²) in [7, 11) is -4.75. The molecule has 0 fully saturated rings. The monoisotopic (exact) mass is 656 g/mol. The fraction of sp³-hybridized carbons (Fsp3) is 0.778. The zero-order valence-electron chi connectivity index (χ0n) is 28.5. The second kappa shape index (κ2) is 32.2. The summed E-state index contributed by atoms with van der Waals surface area (Å²) in [5, 5.41) is 0. The van der Waals surface area contributed by atoms with Crippen molar-refractivity contribution in [1.29, 1.82) is 0 Å². The van der Waals surface area contributed by atoms with Crippen LogP contribution in [0.3, 0.4) is 0 Å². The van der Waals surface area contributed by atoms with E-state index in [1.807, 2.05) is 0 Å². The molecule has 0 aliphatic rings. The molecule has 0 amide bonds. The third-order valence-corrected chi connectivity index (χ3v) is 7.87. The first-order valence-corrected chi connectivity index (χ1v) is 19.3. The maximum atomic E-state index is 12.3. The quantitative estimate of drug-likeness (QED) is 0.0318. The van der Waals surface area contributed by atoms with E-state index in [-0.39, 0.29) is 19.4 Å². The number of phosphoric acid groups is 1. The lowest BCUT2D eigenvalue weighted by Crippen LogP contribution is -2.29. The lowest BCUT2D eigenvalue weighted by atomic mass is 10.1. The fourth-order valence-electron chi connectivity index (χ4n) is 4.68. The van der Waals surface area contributed by atoms with Gasteiger partial charge in [-0.1, -0.05) is 121 Å². The van der Waals surface area contributed by atoms with Gasteiger partial charge in [-0.25, -0.2) is 4.57 Å². The van der Waals surface area contributed by atoms with Gasteiger partial charge >= 0.3 is 19.8 Å². The van der Waals surface area contributed by atoms with E-state index in [0.717, 1.165) is 70.6 Å². The molecule has 2 N–H and O–H groups in total. The van der Waals surface area contributed by atoms with Gasteiger partial charge in [0.2, 0.25) is 0 Å². The third-order valence-electron chi connectivity index (χ3n) is 7.38. The Morgan fingerprint density at radius 3 is 1.58 bits per heavy atom. The van der Waals surface area contributed by atoms with Crippen LogP contribution in [0.15, 0.2) is 36.5 Å². The maximum absolute atomic E-state index is 12.3. The lowest BCUT2D eigenvalue weighted by Gasteiger charge is -2.18. The minimum Gasteiger partial charge on any atom is -0.462 e. The second-order valence-electron chi connectivity index (χ2n) is 11.8. The fourth-order valence-corrected chi connectivity index (χ4v) is 5.04. The van der Waals surface area contributed by atoms with Crippen molar-refractivity contribution in [3.63, 3.8) is 0 Å². The van der Waals surface area contributed by atoms with Crippen molar-refractivity contribution in [3.8, 4) is 0 Å². The largest absolute Gasteiger partial charge is 0.469 e. The zero-order valence-corrected chi connectivity index (χ0v) is 29.4. The Hall–Kier alpha value is -1.73. The zero-order chi connectivity index (χ0) is 33.3. The Morgan fingerprint density at radius 2 is 1.02 bits per heavy atom. The topological polar surface area (TPSA) is 119 Å². The predicted molar refractivity (Wildman–Crippen MR) is 184 cm³/mol. The first-order valence-electron chi connectivity index (χ1n) is 17.8. The van der Waals surface area contributed by atoms with Gasteiger partial charge in [0.1, 0.15) is 6.61 Å². The average Bonchev–Trinajstić information content (AvgIpc) is 3.00. The smallest absolute Gasteiger partial charge is 0.462 e. The van der Waals surface area contributed by atoms with E-state index in [0.29, 0.717) is 12.8 Å². The molecule has 9 heteroatoms. The second-order valence-corrected chi connectivity index (χ2v) is 13.1. The number of rotatable bonds is 32. The van der Waals surface area contributed by atoms with Crippen molar-refractivity contribution < 1.29 is 37.9 Å². The van der Waals surface area contributed by atoms with Crippen molar-refractivity contribution >= 4 is 19.8 Å². The molecule has 0 unspecified atom stereocenters. The van der Waals surface area contributed by atoms with E-state index in [9.17, 15) is 14.2 Å². The molecule has 262 valence electrons. The summed E-state index contributed by atoms with van der Waals surface area (Å²) in [4.78, 5) is 42.6. The van der Waals surface area contributed by atoms with E-state index in [1.165, 1.54) is 51.4 Å². The van der Waals surface area contributed by atoms with Gasteiger partial charge in [-0.15, -0.1) is 0 Å². The van der Waals surface area contributed by atoms with Crippen LogP contribution in [-0.2, 0) is 28.2 Å². The average molecular weight is 657 g/mol. The van der Waals surface area contributed by atoms with Crippen molar-refractivity contribution in [2.24, 2.45) is 0 Å². The van der Waals surface area contributed by atoms with Crippen molar-refractivity contribution in [3.05, 3.63) is 36.5 Å². The Labute approximate surface area is 274 Å². The molecule has 0 spiro atoms. The van der Waals surface area contributed by atoms with Crippen LogP contribution in [0.2, 0.25) is 0 Å². The van der Waals surface area contributed by atoms with Gasteiger partial charge < -0.3 is 19.3 Å². The highest BCUT2D eigenvalue weighted by molar-refractivity contribution is 7.46. The van der Waals surface area contributed by atoms with Gasteiger partial charge in [-0.3, -0.25) is 14.1 Å². The van der Waals surface area contributed by atoms with Crippen LogP contribution in [0.4, 0.5) is 0 Å². The molecule has 0 saturated carbocycles. The summed E-state index contributed by atoms with van der Waals surface area (Å²) in [6.07, 6.45) is 35.8. The molecule has 0 radical (unpaired) electrons. The van der Waals surface area contributed by atoms with Crippen molar-refractivity contribution in [1.82, 2.24) is 0 Å². The Morgan fingerprint density at radius 1 is 0.578 bits per heavy atom. The van der Waals surface area contributed by atoms with E-state index >= 15 is 0 Å². The van der Waals surface area contributed by atoms with Gasteiger partial charge in [-0.05, 0) is 64.2 Å². The number of esters is 2. The molecule has 0 saturated heterocycles. The molecular weight excluding hydrogens is 591 g/mol. The molecule has 1 atom stereocenters. The van der Waals surface area contributed by atoms with Gasteiger partial charge in [-0.2, -0.15) is 0 Å². The summed E-state index contributed by atoms with van der Waals surface area (Å²) in [5.41, 5.74) is 0. The van der Waals surface area contributed by atoms with Crippen LogP contribution < -0.4 is 0 Å². The van der Waals surface area contributed by atoms with E-state index in [1.54, 1.807) is 0 Å². The summed E-state index contributed by atoms with van der Waals surface area (Å²) in [5.74, 6) is -0.922. The Balaban J connectivity index is 4.05. The van der Waals surface area contributed by atoms with Crippen LogP contribution in [0.5, 0.6) is 0 Å². The standard InChI is InChI=1S/C36H65O8P/c1-3-5-7-9-11-13-15-17-19-21-23-25-27-29-31-36(38)44-34(33-43-45(39,40)41)32-42-35(37)30-28-26-24-22-20-18-16-14-12-10-8-6-4-2/h9,11,15,17-18,20,34H,3-8,10,12-14,16,19,21-33H2,1-2H3,(H2,39,40,41)/b11-9+,17-15+,20-18+/t34-/m1/s1. The third kappa shape index (κ3) is 35.0. The number of carbonyl (C=O) groups excluding carboxylic acids is 2. The summed E-state index contributed by atoms with van der Waals surface area (Å²) in [6.45, 7) is 3.59.